The SMILES string of the molecule is O=C(Cc1noc(-c2cc(Oc3ccccc3)ccn2)n1)NC1CC1. The van der Waals surface area contributed by atoms with Gasteiger partial charge >= 0.3 is 0 Å². The van der Waals surface area contributed by atoms with E-state index in [0.717, 1.165) is 18.6 Å². The summed E-state index contributed by atoms with van der Waals surface area (Å²) in [6.45, 7) is 0. The minimum Gasteiger partial charge on any atom is -0.457 e. The van der Waals surface area contributed by atoms with Gasteiger partial charge in [-0.15, -0.1) is 0 Å². The Morgan fingerprint density at radius 2 is 2.04 bits per heavy atom. The van der Waals surface area contributed by atoms with Crippen LogP contribution < -0.4 is 10.1 Å². The van der Waals surface area contributed by atoms with Crippen molar-refractivity contribution in [3.05, 3.63) is 54.5 Å². The Balaban J connectivity index is 1.46. The number of aromatic nitrogens is 3. The Bertz CT molecular complexity index is 875. The molecule has 7 nitrogen and oxygen atoms in total. The lowest BCUT2D eigenvalue weighted by Gasteiger charge is -2.05. The highest BCUT2D eigenvalue weighted by molar-refractivity contribution is 5.78. The molecular weight excluding hydrogens is 320 g/mol. The number of para-hydroxylation sites is 1. The molecule has 126 valence electrons. The fourth-order valence-corrected chi connectivity index (χ4v) is 2.30. The Morgan fingerprint density at radius 1 is 1.20 bits per heavy atom. The van der Waals surface area contributed by atoms with Crippen molar-refractivity contribution in [2.75, 3.05) is 0 Å². The molecule has 0 unspecified atom stereocenters. The molecule has 2 heterocycles. The van der Waals surface area contributed by atoms with E-state index in [9.17, 15) is 4.79 Å². The van der Waals surface area contributed by atoms with Crippen molar-refractivity contribution in [2.24, 2.45) is 0 Å². The van der Waals surface area contributed by atoms with Crippen molar-refractivity contribution in [3.8, 4) is 23.1 Å². The fraction of sp³-hybridized carbons (Fsp3) is 0.222. The summed E-state index contributed by atoms with van der Waals surface area (Å²) in [7, 11) is 0. The lowest BCUT2D eigenvalue weighted by atomic mass is 10.3. The van der Waals surface area contributed by atoms with Gasteiger partial charge in [0.2, 0.25) is 5.91 Å². The molecule has 1 saturated carbocycles. The van der Waals surface area contributed by atoms with E-state index in [4.69, 9.17) is 9.26 Å². The van der Waals surface area contributed by atoms with Gasteiger partial charge in [-0.05, 0) is 31.0 Å². The van der Waals surface area contributed by atoms with E-state index in [-0.39, 0.29) is 18.2 Å². The lowest BCUT2D eigenvalue weighted by Crippen LogP contribution is -2.27. The maximum Gasteiger partial charge on any atom is 0.276 e. The van der Waals surface area contributed by atoms with Gasteiger partial charge in [0.25, 0.3) is 5.89 Å². The quantitative estimate of drug-likeness (QED) is 0.744. The Hall–Kier alpha value is -3.22. The van der Waals surface area contributed by atoms with Gasteiger partial charge < -0.3 is 14.6 Å². The minimum atomic E-state index is -0.0935. The second-order valence-electron chi connectivity index (χ2n) is 5.83. The van der Waals surface area contributed by atoms with Crippen molar-refractivity contribution in [2.45, 2.75) is 25.3 Å². The molecule has 0 radical (unpaired) electrons. The first-order valence-electron chi connectivity index (χ1n) is 8.07. The third kappa shape index (κ3) is 4.00. The summed E-state index contributed by atoms with van der Waals surface area (Å²) in [5.41, 5.74) is 0.495. The summed E-state index contributed by atoms with van der Waals surface area (Å²) in [5.74, 6) is 1.84. The number of carbonyl (C=O) groups is 1. The normalized spacial score (nSPS) is 13.4. The maximum atomic E-state index is 11.8. The minimum absolute atomic E-state index is 0.0935. The van der Waals surface area contributed by atoms with Crippen LogP contribution in [-0.4, -0.2) is 27.1 Å². The Labute approximate surface area is 144 Å². The van der Waals surface area contributed by atoms with Crippen LogP contribution >= 0.6 is 0 Å². The zero-order valence-electron chi connectivity index (χ0n) is 13.4. The first kappa shape index (κ1) is 15.3. The van der Waals surface area contributed by atoms with E-state index >= 15 is 0 Å². The number of carbonyl (C=O) groups excluding carboxylic acids is 1. The van der Waals surface area contributed by atoms with Crippen LogP contribution in [0.2, 0.25) is 0 Å². The van der Waals surface area contributed by atoms with Crippen molar-refractivity contribution >= 4 is 5.91 Å². The van der Waals surface area contributed by atoms with Crippen LogP contribution in [0, 0.1) is 0 Å². The zero-order chi connectivity index (χ0) is 17.1. The highest BCUT2D eigenvalue weighted by Crippen LogP contribution is 2.24. The molecule has 3 aromatic rings. The highest BCUT2D eigenvalue weighted by Gasteiger charge is 2.24. The van der Waals surface area contributed by atoms with Crippen molar-refractivity contribution in [1.82, 2.24) is 20.4 Å². The first-order chi connectivity index (χ1) is 12.3. The number of hydrogen-bond donors (Lipinski definition) is 1. The molecule has 1 aliphatic carbocycles. The number of amides is 1. The number of nitrogens with zero attached hydrogens (tertiary/aromatic N) is 3. The average molecular weight is 336 g/mol. The molecule has 25 heavy (non-hydrogen) atoms. The molecule has 2 aromatic heterocycles. The summed E-state index contributed by atoms with van der Waals surface area (Å²) in [6, 6.07) is 13.2. The van der Waals surface area contributed by atoms with Gasteiger partial charge in [0.05, 0.1) is 6.42 Å². The average Bonchev–Trinajstić information content (AvgIpc) is 3.31. The standard InChI is InChI=1S/C18H16N4O3/c23-17(20-12-6-7-12)11-16-21-18(25-22-16)15-10-14(8-9-19-15)24-13-4-2-1-3-5-13/h1-5,8-10,12H,6-7,11H2,(H,20,23). The highest BCUT2D eigenvalue weighted by atomic mass is 16.5. The predicted molar refractivity (Wildman–Crippen MR) is 88.9 cm³/mol. The van der Waals surface area contributed by atoms with Gasteiger partial charge in [-0.3, -0.25) is 9.78 Å². The van der Waals surface area contributed by atoms with Crippen molar-refractivity contribution < 1.29 is 14.1 Å². The summed E-state index contributed by atoms with van der Waals surface area (Å²) in [4.78, 5) is 20.3. The lowest BCUT2D eigenvalue weighted by molar-refractivity contribution is -0.120. The zero-order valence-corrected chi connectivity index (χ0v) is 13.4. The molecule has 0 spiro atoms. The van der Waals surface area contributed by atoms with Gasteiger partial charge in [0, 0.05) is 18.3 Å². The molecule has 1 amide bonds. The molecule has 0 aliphatic heterocycles. The van der Waals surface area contributed by atoms with Crippen LogP contribution in [0.5, 0.6) is 11.5 Å². The summed E-state index contributed by atoms with van der Waals surface area (Å²) >= 11 is 0. The van der Waals surface area contributed by atoms with Crippen LogP contribution in [0.15, 0.2) is 53.2 Å². The van der Waals surface area contributed by atoms with Crippen LogP contribution in [0.1, 0.15) is 18.7 Å². The van der Waals surface area contributed by atoms with E-state index in [1.165, 1.54) is 0 Å². The Kier molecular flexibility index (Phi) is 4.12. The van der Waals surface area contributed by atoms with Gasteiger partial charge in [0.15, 0.2) is 5.82 Å². The molecule has 1 aromatic carbocycles. The first-order valence-corrected chi connectivity index (χ1v) is 8.07. The maximum absolute atomic E-state index is 11.8. The topological polar surface area (TPSA) is 90.1 Å². The molecule has 4 rings (SSSR count). The van der Waals surface area contributed by atoms with Crippen LogP contribution in [0.25, 0.3) is 11.6 Å². The second kappa shape index (κ2) is 6.72. The van der Waals surface area contributed by atoms with E-state index in [1.807, 2.05) is 30.3 Å². The monoisotopic (exact) mass is 336 g/mol. The van der Waals surface area contributed by atoms with Crippen LogP contribution in [-0.2, 0) is 11.2 Å². The van der Waals surface area contributed by atoms with Crippen LogP contribution in [0.4, 0.5) is 0 Å². The van der Waals surface area contributed by atoms with E-state index in [0.29, 0.717) is 23.3 Å². The number of ether oxygens (including phenoxy) is 1. The van der Waals surface area contributed by atoms with E-state index in [2.05, 4.69) is 20.4 Å². The predicted octanol–water partition coefficient (Wildman–Crippen LogP) is 2.75. The number of hydrogen-bond acceptors (Lipinski definition) is 6. The fourth-order valence-electron chi connectivity index (χ4n) is 2.30. The molecule has 7 heteroatoms. The van der Waals surface area contributed by atoms with Gasteiger partial charge in [-0.1, -0.05) is 23.4 Å². The van der Waals surface area contributed by atoms with Crippen LogP contribution in [0.3, 0.4) is 0 Å². The summed E-state index contributed by atoms with van der Waals surface area (Å²) < 4.78 is 11.0. The number of rotatable bonds is 6. The molecule has 1 aliphatic rings. The van der Waals surface area contributed by atoms with Crippen molar-refractivity contribution in [3.63, 3.8) is 0 Å². The van der Waals surface area contributed by atoms with Gasteiger partial charge in [-0.2, -0.15) is 4.98 Å². The molecule has 0 atom stereocenters. The molecule has 0 saturated heterocycles. The molecular formula is C18H16N4O3. The molecule has 0 bridgehead atoms. The molecule has 1 N–H and O–H groups in total. The third-order valence-corrected chi connectivity index (χ3v) is 3.66. The number of benzene rings is 1. The number of pyridine rings is 1. The second-order valence-corrected chi connectivity index (χ2v) is 5.83. The third-order valence-electron chi connectivity index (χ3n) is 3.66. The largest absolute Gasteiger partial charge is 0.457 e. The van der Waals surface area contributed by atoms with E-state index in [1.54, 1.807) is 18.3 Å². The van der Waals surface area contributed by atoms with E-state index < -0.39 is 0 Å². The van der Waals surface area contributed by atoms with Gasteiger partial charge in [0.1, 0.15) is 17.2 Å². The van der Waals surface area contributed by atoms with Gasteiger partial charge in [-0.25, -0.2) is 0 Å². The number of nitrogens with one attached hydrogen (secondary N) is 1. The molecule has 1 fully saturated rings. The summed E-state index contributed by atoms with van der Waals surface area (Å²) in [6.07, 6.45) is 3.79. The van der Waals surface area contributed by atoms with Crippen molar-refractivity contribution in [1.29, 1.82) is 0 Å². The summed E-state index contributed by atoms with van der Waals surface area (Å²) in [5, 5.41) is 6.74. The smallest absolute Gasteiger partial charge is 0.276 e. The Morgan fingerprint density at radius 3 is 2.84 bits per heavy atom.